The van der Waals surface area contributed by atoms with Crippen LogP contribution in [0.2, 0.25) is 0 Å². The highest BCUT2D eigenvalue weighted by atomic mass is 16.2. The molecule has 0 aliphatic carbocycles. The van der Waals surface area contributed by atoms with Crippen LogP contribution in [-0.4, -0.2) is 17.4 Å². The lowest BCUT2D eigenvalue weighted by Gasteiger charge is -2.27. The van der Waals surface area contributed by atoms with Gasteiger partial charge in [-0.15, -0.1) is 0 Å². The first-order valence-corrected chi connectivity index (χ1v) is 3.66. The molecule has 1 amide bonds. The van der Waals surface area contributed by atoms with E-state index in [0.717, 1.165) is 13.0 Å². The second kappa shape index (κ2) is 2.86. The second-order valence-corrected chi connectivity index (χ2v) is 2.87. The molecule has 0 N–H and O–H groups in total. The van der Waals surface area contributed by atoms with Crippen LogP contribution in [0.25, 0.3) is 0 Å². The van der Waals surface area contributed by atoms with Gasteiger partial charge in [0, 0.05) is 13.0 Å². The summed E-state index contributed by atoms with van der Waals surface area (Å²) in [6.45, 7) is 6.58. The van der Waals surface area contributed by atoms with Crippen molar-refractivity contribution >= 4 is 5.91 Å². The number of carbonyl (C=O) groups is 1. The molecular formula is C8H13NO. The van der Waals surface area contributed by atoms with Crippen molar-refractivity contribution in [1.82, 2.24) is 4.90 Å². The van der Waals surface area contributed by atoms with Gasteiger partial charge < -0.3 is 4.90 Å². The molecule has 0 saturated carbocycles. The average Bonchev–Trinajstić information content (AvgIpc) is 1.94. The predicted octanol–water partition coefficient (Wildman–Crippen LogP) is 1.39. The molecule has 1 aliphatic heterocycles. The Kier molecular flexibility index (Phi) is 2.10. The fourth-order valence-electron chi connectivity index (χ4n) is 1.22. The van der Waals surface area contributed by atoms with Crippen LogP contribution in [0.1, 0.15) is 19.8 Å². The van der Waals surface area contributed by atoms with Gasteiger partial charge in [-0.2, -0.15) is 0 Å². The van der Waals surface area contributed by atoms with E-state index in [9.17, 15) is 4.79 Å². The first kappa shape index (κ1) is 7.32. The molecule has 1 saturated heterocycles. The third-order valence-corrected chi connectivity index (χ3v) is 1.90. The molecular weight excluding hydrogens is 126 g/mol. The van der Waals surface area contributed by atoms with E-state index in [1.807, 2.05) is 0 Å². The summed E-state index contributed by atoms with van der Waals surface area (Å²) >= 11 is 0. The minimum atomic E-state index is 0.216. The molecule has 2 heteroatoms. The van der Waals surface area contributed by atoms with Gasteiger partial charge in [-0.05, 0) is 18.5 Å². The molecule has 1 rings (SSSR count). The zero-order valence-electron chi connectivity index (χ0n) is 6.34. The molecule has 1 aliphatic rings. The van der Waals surface area contributed by atoms with E-state index in [0.29, 0.717) is 12.3 Å². The summed E-state index contributed by atoms with van der Waals surface area (Å²) in [4.78, 5) is 12.7. The maximum atomic E-state index is 11.0. The Morgan fingerprint density at radius 2 is 2.50 bits per heavy atom. The molecule has 10 heavy (non-hydrogen) atoms. The van der Waals surface area contributed by atoms with Crippen molar-refractivity contribution in [2.24, 2.45) is 5.92 Å². The van der Waals surface area contributed by atoms with Crippen molar-refractivity contribution in [3.63, 3.8) is 0 Å². The molecule has 0 radical (unpaired) electrons. The van der Waals surface area contributed by atoms with Crippen LogP contribution in [0, 0.1) is 5.92 Å². The normalized spacial score (nSPS) is 26.7. The standard InChI is InChI=1S/C8H13NO/c1-3-9-6-7(2)4-5-8(9)10/h3,7H,1,4-6H2,2H3. The number of hydrogen-bond donors (Lipinski definition) is 0. The third-order valence-electron chi connectivity index (χ3n) is 1.90. The van der Waals surface area contributed by atoms with Crippen LogP contribution in [0.3, 0.4) is 0 Å². The van der Waals surface area contributed by atoms with Crippen LogP contribution in [0.15, 0.2) is 12.8 Å². The van der Waals surface area contributed by atoms with E-state index >= 15 is 0 Å². The third kappa shape index (κ3) is 1.38. The van der Waals surface area contributed by atoms with E-state index in [-0.39, 0.29) is 5.91 Å². The van der Waals surface area contributed by atoms with Gasteiger partial charge in [0.05, 0.1) is 0 Å². The molecule has 1 heterocycles. The van der Waals surface area contributed by atoms with Crippen molar-refractivity contribution in [3.05, 3.63) is 12.8 Å². The van der Waals surface area contributed by atoms with Crippen molar-refractivity contribution in [2.45, 2.75) is 19.8 Å². The SMILES string of the molecule is C=CN1CC(C)CCC1=O. The Balaban J connectivity index is 2.53. The minimum Gasteiger partial charge on any atom is -0.319 e. The largest absolute Gasteiger partial charge is 0.319 e. The minimum absolute atomic E-state index is 0.216. The summed E-state index contributed by atoms with van der Waals surface area (Å²) in [5.41, 5.74) is 0. The highest BCUT2D eigenvalue weighted by Gasteiger charge is 2.19. The summed E-state index contributed by atoms with van der Waals surface area (Å²) in [6.07, 6.45) is 3.34. The summed E-state index contributed by atoms with van der Waals surface area (Å²) in [7, 11) is 0. The maximum absolute atomic E-state index is 11.0. The van der Waals surface area contributed by atoms with Gasteiger partial charge in [-0.1, -0.05) is 13.5 Å². The number of likely N-dealkylation sites (tertiary alicyclic amines) is 1. The van der Waals surface area contributed by atoms with E-state index in [1.165, 1.54) is 0 Å². The Hall–Kier alpha value is -0.790. The number of hydrogen-bond acceptors (Lipinski definition) is 1. The predicted molar refractivity (Wildman–Crippen MR) is 40.3 cm³/mol. The number of carbonyl (C=O) groups excluding carboxylic acids is 1. The molecule has 0 aromatic rings. The van der Waals surface area contributed by atoms with Crippen LogP contribution in [0.5, 0.6) is 0 Å². The van der Waals surface area contributed by atoms with Crippen molar-refractivity contribution in [3.8, 4) is 0 Å². The lowest BCUT2D eigenvalue weighted by atomic mass is 10.0. The topological polar surface area (TPSA) is 20.3 Å². The Morgan fingerprint density at radius 3 is 3.00 bits per heavy atom. The fourth-order valence-corrected chi connectivity index (χ4v) is 1.22. The number of amides is 1. The van der Waals surface area contributed by atoms with Crippen molar-refractivity contribution in [2.75, 3.05) is 6.54 Å². The Morgan fingerprint density at radius 1 is 1.80 bits per heavy atom. The smallest absolute Gasteiger partial charge is 0.226 e. The highest BCUT2D eigenvalue weighted by Crippen LogP contribution is 2.16. The van der Waals surface area contributed by atoms with E-state index in [2.05, 4.69) is 13.5 Å². The highest BCUT2D eigenvalue weighted by molar-refractivity contribution is 5.77. The number of rotatable bonds is 1. The Bertz CT molecular complexity index is 153. The number of nitrogens with zero attached hydrogens (tertiary/aromatic N) is 1. The number of piperidine rings is 1. The molecule has 1 atom stereocenters. The molecule has 0 bridgehead atoms. The summed E-state index contributed by atoms with van der Waals surface area (Å²) in [5.74, 6) is 0.851. The average molecular weight is 139 g/mol. The van der Waals surface area contributed by atoms with Crippen LogP contribution >= 0.6 is 0 Å². The van der Waals surface area contributed by atoms with E-state index in [4.69, 9.17) is 0 Å². The quantitative estimate of drug-likeness (QED) is 0.537. The first-order valence-electron chi connectivity index (χ1n) is 3.66. The maximum Gasteiger partial charge on any atom is 0.226 e. The molecule has 2 nitrogen and oxygen atoms in total. The zero-order chi connectivity index (χ0) is 7.56. The van der Waals surface area contributed by atoms with Gasteiger partial charge in [0.25, 0.3) is 0 Å². The van der Waals surface area contributed by atoms with Gasteiger partial charge in [-0.3, -0.25) is 4.79 Å². The molecule has 0 aromatic heterocycles. The molecule has 0 spiro atoms. The van der Waals surface area contributed by atoms with E-state index in [1.54, 1.807) is 11.1 Å². The van der Waals surface area contributed by atoms with Gasteiger partial charge in [0.2, 0.25) is 5.91 Å². The monoisotopic (exact) mass is 139 g/mol. The van der Waals surface area contributed by atoms with Crippen molar-refractivity contribution < 1.29 is 4.79 Å². The first-order chi connectivity index (χ1) is 4.74. The molecule has 56 valence electrons. The summed E-state index contributed by atoms with van der Waals surface area (Å²) < 4.78 is 0. The lowest BCUT2D eigenvalue weighted by Crippen LogP contribution is -2.34. The van der Waals surface area contributed by atoms with Gasteiger partial charge >= 0.3 is 0 Å². The van der Waals surface area contributed by atoms with Crippen molar-refractivity contribution in [1.29, 1.82) is 0 Å². The Labute approximate surface area is 61.5 Å². The van der Waals surface area contributed by atoms with E-state index < -0.39 is 0 Å². The van der Waals surface area contributed by atoms with Crippen LogP contribution in [-0.2, 0) is 4.79 Å². The second-order valence-electron chi connectivity index (χ2n) is 2.87. The molecule has 1 fully saturated rings. The summed E-state index contributed by atoms with van der Waals surface area (Å²) in [5, 5.41) is 0. The molecule has 1 unspecified atom stereocenters. The lowest BCUT2D eigenvalue weighted by molar-refractivity contribution is -0.131. The van der Waals surface area contributed by atoms with Crippen LogP contribution in [0.4, 0.5) is 0 Å². The van der Waals surface area contributed by atoms with Crippen LogP contribution < -0.4 is 0 Å². The molecule has 0 aromatic carbocycles. The zero-order valence-corrected chi connectivity index (χ0v) is 6.34. The van der Waals surface area contributed by atoms with Gasteiger partial charge in [0.1, 0.15) is 0 Å². The fraction of sp³-hybridized carbons (Fsp3) is 0.625. The van der Waals surface area contributed by atoms with Gasteiger partial charge in [-0.25, -0.2) is 0 Å². The van der Waals surface area contributed by atoms with Gasteiger partial charge in [0.15, 0.2) is 0 Å². The summed E-state index contributed by atoms with van der Waals surface area (Å²) in [6, 6.07) is 0.